The number of carbonyl (C=O) groups excluding carboxylic acids is 1. The lowest BCUT2D eigenvalue weighted by Crippen LogP contribution is -2.46. The number of carbonyl (C=O) groups is 1. The standard InChI is InChI=1S/C20H25NO5/c1-24-16-6-5-15(11-17(16)26-12-14-3-4-14)19(13-21)7-9-20(23,10-8-19)18(22)25-2/h5-6,11,14,23H,3-4,7-10,12H2,1-2H3. The van der Waals surface area contributed by atoms with Crippen LogP contribution in [0.3, 0.4) is 0 Å². The highest BCUT2D eigenvalue weighted by Gasteiger charge is 2.48. The third-order valence-electron chi connectivity index (χ3n) is 5.60. The Kier molecular flexibility index (Phi) is 5.10. The Morgan fingerprint density at radius 2 is 1.92 bits per heavy atom. The quantitative estimate of drug-likeness (QED) is 0.786. The number of nitrogens with zero attached hydrogens (tertiary/aromatic N) is 1. The van der Waals surface area contributed by atoms with E-state index in [4.69, 9.17) is 14.2 Å². The molecule has 0 aliphatic heterocycles. The highest BCUT2D eigenvalue weighted by atomic mass is 16.5. The van der Waals surface area contributed by atoms with Gasteiger partial charge in [0.2, 0.25) is 0 Å². The SMILES string of the molecule is COC(=O)C1(O)CCC(C#N)(c2ccc(OC)c(OCC3CC3)c2)CC1. The number of nitriles is 1. The normalized spacial score (nSPS) is 28.1. The van der Waals surface area contributed by atoms with E-state index in [1.807, 2.05) is 18.2 Å². The largest absolute Gasteiger partial charge is 0.493 e. The summed E-state index contributed by atoms with van der Waals surface area (Å²) in [7, 11) is 2.86. The molecular formula is C20H25NO5. The predicted octanol–water partition coefficient (Wildman–Crippen LogP) is 2.72. The van der Waals surface area contributed by atoms with Crippen LogP contribution < -0.4 is 9.47 Å². The molecule has 0 bridgehead atoms. The Bertz CT molecular complexity index is 711. The van der Waals surface area contributed by atoms with E-state index in [1.165, 1.54) is 20.0 Å². The van der Waals surface area contributed by atoms with E-state index in [1.54, 1.807) is 7.11 Å². The molecule has 2 fully saturated rings. The van der Waals surface area contributed by atoms with Gasteiger partial charge in [0.25, 0.3) is 0 Å². The minimum atomic E-state index is -1.51. The van der Waals surface area contributed by atoms with E-state index < -0.39 is 17.0 Å². The monoisotopic (exact) mass is 359 g/mol. The summed E-state index contributed by atoms with van der Waals surface area (Å²) in [5.74, 6) is 1.26. The molecule has 0 unspecified atom stereocenters. The van der Waals surface area contributed by atoms with Gasteiger partial charge in [0.05, 0.1) is 32.3 Å². The smallest absolute Gasteiger partial charge is 0.337 e. The van der Waals surface area contributed by atoms with Crippen LogP contribution in [0.25, 0.3) is 0 Å². The summed E-state index contributed by atoms with van der Waals surface area (Å²) in [6.07, 6.45) is 3.52. The number of hydrogen-bond donors (Lipinski definition) is 1. The topological polar surface area (TPSA) is 88.8 Å². The predicted molar refractivity (Wildman–Crippen MR) is 93.9 cm³/mol. The van der Waals surface area contributed by atoms with Gasteiger partial charge in [-0.1, -0.05) is 6.07 Å². The molecule has 3 rings (SSSR count). The van der Waals surface area contributed by atoms with Crippen LogP contribution in [0, 0.1) is 17.2 Å². The first-order valence-corrected chi connectivity index (χ1v) is 9.00. The molecule has 0 radical (unpaired) electrons. The van der Waals surface area contributed by atoms with Gasteiger partial charge in [-0.2, -0.15) is 5.26 Å². The molecule has 1 aromatic carbocycles. The van der Waals surface area contributed by atoms with Crippen molar-refractivity contribution < 1.29 is 24.1 Å². The van der Waals surface area contributed by atoms with Crippen molar-refractivity contribution in [3.05, 3.63) is 23.8 Å². The second-order valence-electron chi connectivity index (χ2n) is 7.34. The van der Waals surface area contributed by atoms with E-state index in [9.17, 15) is 15.2 Å². The first-order chi connectivity index (χ1) is 12.5. The lowest BCUT2D eigenvalue weighted by molar-refractivity contribution is -0.166. The van der Waals surface area contributed by atoms with Crippen molar-refractivity contribution in [1.82, 2.24) is 0 Å². The van der Waals surface area contributed by atoms with Gasteiger partial charge in [0, 0.05) is 0 Å². The zero-order valence-electron chi connectivity index (χ0n) is 15.3. The molecule has 0 heterocycles. The van der Waals surface area contributed by atoms with Gasteiger partial charge < -0.3 is 19.3 Å². The van der Waals surface area contributed by atoms with Crippen molar-refractivity contribution in [2.45, 2.75) is 49.5 Å². The summed E-state index contributed by atoms with van der Waals surface area (Å²) in [5.41, 5.74) is -1.43. The second-order valence-corrected chi connectivity index (χ2v) is 7.34. The lowest BCUT2D eigenvalue weighted by Gasteiger charge is -2.38. The number of benzene rings is 1. The molecule has 6 nitrogen and oxygen atoms in total. The van der Waals surface area contributed by atoms with E-state index in [-0.39, 0.29) is 12.8 Å². The minimum absolute atomic E-state index is 0.192. The van der Waals surface area contributed by atoms with Gasteiger partial charge in [-0.25, -0.2) is 4.79 Å². The maximum absolute atomic E-state index is 11.8. The van der Waals surface area contributed by atoms with Crippen LogP contribution in [0.5, 0.6) is 11.5 Å². The molecule has 0 aromatic heterocycles. The summed E-state index contributed by atoms with van der Waals surface area (Å²) in [6, 6.07) is 7.97. The van der Waals surface area contributed by atoms with Crippen LogP contribution in [-0.2, 0) is 14.9 Å². The van der Waals surface area contributed by atoms with Gasteiger partial charge in [0.1, 0.15) is 0 Å². The highest BCUT2D eigenvalue weighted by molar-refractivity contribution is 5.79. The van der Waals surface area contributed by atoms with Crippen molar-refractivity contribution in [2.24, 2.45) is 5.92 Å². The summed E-state index contributed by atoms with van der Waals surface area (Å²) in [5, 5.41) is 20.4. The van der Waals surface area contributed by atoms with Crippen molar-refractivity contribution in [3.8, 4) is 17.6 Å². The number of methoxy groups -OCH3 is 2. The molecule has 0 spiro atoms. The Morgan fingerprint density at radius 1 is 1.23 bits per heavy atom. The average Bonchev–Trinajstić information content (AvgIpc) is 3.51. The molecular weight excluding hydrogens is 334 g/mol. The number of hydrogen-bond acceptors (Lipinski definition) is 6. The van der Waals surface area contributed by atoms with E-state index >= 15 is 0 Å². The summed E-state index contributed by atoms with van der Waals surface area (Å²) in [6.45, 7) is 0.654. The van der Waals surface area contributed by atoms with Crippen LogP contribution in [-0.4, -0.2) is 37.5 Å². The first kappa shape index (κ1) is 18.5. The van der Waals surface area contributed by atoms with E-state index in [2.05, 4.69) is 6.07 Å². The molecule has 0 atom stereocenters. The van der Waals surface area contributed by atoms with Crippen molar-refractivity contribution in [3.63, 3.8) is 0 Å². The third kappa shape index (κ3) is 3.49. The third-order valence-corrected chi connectivity index (χ3v) is 5.60. The fourth-order valence-electron chi connectivity index (χ4n) is 3.53. The van der Waals surface area contributed by atoms with E-state index in [0.717, 1.165) is 5.56 Å². The zero-order valence-corrected chi connectivity index (χ0v) is 15.3. The maximum Gasteiger partial charge on any atom is 0.337 e. The van der Waals surface area contributed by atoms with Gasteiger partial charge in [-0.05, 0) is 62.1 Å². The van der Waals surface area contributed by atoms with Crippen molar-refractivity contribution >= 4 is 5.97 Å². The Balaban J connectivity index is 1.82. The lowest BCUT2D eigenvalue weighted by atomic mass is 9.66. The molecule has 2 aliphatic rings. The summed E-state index contributed by atoms with van der Waals surface area (Å²) in [4.78, 5) is 11.8. The number of rotatable bonds is 6. The minimum Gasteiger partial charge on any atom is -0.493 e. The van der Waals surface area contributed by atoms with Crippen LogP contribution in [0.15, 0.2) is 18.2 Å². The molecule has 6 heteroatoms. The Labute approximate surface area is 153 Å². The molecule has 26 heavy (non-hydrogen) atoms. The maximum atomic E-state index is 11.8. The van der Waals surface area contributed by atoms with Gasteiger partial charge in [-0.3, -0.25) is 0 Å². The van der Waals surface area contributed by atoms with Gasteiger partial charge >= 0.3 is 5.97 Å². The first-order valence-electron chi connectivity index (χ1n) is 9.00. The van der Waals surface area contributed by atoms with E-state index in [0.29, 0.717) is 36.9 Å². The average molecular weight is 359 g/mol. The van der Waals surface area contributed by atoms with Crippen molar-refractivity contribution in [2.75, 3.05) is 20.8 Å². The molecule has 0 saturated heterocycles. The molecule has 1 N–H and O–H groups in total. The van der Waals surface area contributed by atoms with Crippen LogP contribution >= 0.6 is 0 Å². The van der Waals surface area contributed by atoms with Gasteiger partial charge in [0.15, 0.2) is 17.1 Å². The molecule has 2 saturated carbocycles. The summed E-state index contributed by atoms with van der Waals surface area (Å²) < 4.78 is 16.0. The Morgan fingerprint density at radius 3 is 2.46 bits per heavy atom. The van der Waals surface area contributed by atoms with Crippen LogP contribution in [0.2, 0.25) is 0 Å². The number of aliphatic hydroxyl groups is 1. The second kappa shape index (κ2) is 7.16. The van der Waals surface area contributed by atoms with Gasteiger partial charge in [-0.15, -0.1) is 0 Å². The fourth-order valence-corrected chi connectivity index (χ4v) is 3.53. The summed E-state index contributed by atoms with van der Waals surface area (Å²) >= 11 is 0. The Hall–Kier alpha value is -2.26. The zero-order chi connectivity index (χ0) is 18.8. The number of ether oxygens (including phenoxy) is 3. The highest BCUT2D eigenvalue weighted by Crippen LogP contribution is 2.45. The van der Waals surface area contributed by atoms with Crippen LogP contribution in [0.4, 0.5) is 0 Å². The molecule has 140 valence electrons. The molecule has 0 amide bonds. The molecule has 2 aliphatic carbocycles. The molecule has 1 aromatic rings. The van der Waals surface area contributed by atoms with Crippen LogP contribution in [0.1, 0.15) is 44.1 Å². The van der Waals surface area contributed by atoms with Crippen molar-refractivity contribution in [1.29, 1.82) is 5.26 Å². The fraction of sp³-hybridized carbons (Fsp3) is 0.600. The number of esters is 1.